The third kappa shape index (κ3) is 4.76. The highest BCUT2D eigenvalue weighted by Gasteiger charge is 2.18. The zero-order valence-corrected chi connectivity index (χ0v) is 19.0. The minimum absolute atomic E-state index is 0.110. The van der Waals surface area contributed by atoms with Crippen LogP contribution in [0.5, 0.6) is 0 Å². The molecule has 34 heavy (non-hydrogen) atoms. The summed E-state index contributed by atoms with van der Waals surface area (Å²) in [5, 5.41) is 12.1. The largest absolute Gasteiger partial charge is 0.478 e. The van der Waals surface area contributed by atoms with Gasteiger partial charge in [-0.25, -0.2) is 18.2 Å². The van der Waals surface area contributed by atoms with Crippen LogP contribution in [0.3, 0.4) is 0 Å². The van der Waals surface area contributed by atoms with Crippen LogP contribution < -0.4 is 10.0 Å². The van der Waals surface area contributed by atoms with Crippen LogP contribution >= 0.6 is 0 Å². The Morgan fingerprint density at radius 2 is 1.74 bits per heavy atom. The molecule has 1 heterocycles. The molecule has 0 saturated heterocycles. The smallest absolute Gasteiger partial charge is 0.335 e. The van der Waals surface area contributed by atoms with E-state index < -0.39 is 21.9 Å². The maximum absolute atomic E-state index is 13.0. The third-order valence-corrected chi connectivity index (χ3v) is 6.50. The molecule has 0 unspecified atom stereocenters. The fourth-order valence-electron chi connectivity index (χ4n) is 3.51. The van der Waals surface area contributed by atoms with Crippen molar-refractivity contribution in [1.82, 2.24) is 9.55 Å². The molecule has 1 amide bonds. The molecule has 0 aliphatic carbocycles. The summed E-state index contributed by atoms with van der Waals surface area (Å²) in [5.74, 6) is -1.25. The van der Waals surface area contributed by atoms with Gasteiger partial charge in [-0.2, -0.15) is 0 Å². The van der Waals surface area contributed by atoms with E-state index in [1.165, 1.54) is 30.3 Å². The Morgan fingerprint density at radius 3 is 2.44 bits per heavy atom. The number of fused-ring (bicyclic) bond motifs is 1. The Balaban J connectivity index is 1.61. The van der Waals surface area contributed by atoms with Crippen LogP contribution in [0.15, 0.2) is 77.7 Å². The number of imidazole rings is 1. The molecule has 0 fully saturated rings. The molecule has 0 bridgehead atoms. The van der Waals surface area contributed by atoms with Gasteiger partial charge in [0.05, 0.1) is 21.5 Å². The molecule has 0 atom stereocenters. The van der Waals surface area contributed by atoms with Crippen LogP contribution in [-0.4, -0.2) is 35.0 Å². The molecule has 174 valence electrons. The lowest BCUT2D eigenvalue weighted by Gasteiger charge is -2.11. The van der Waals surface area contributed by atoms with Crippen LogP contribution in [-0.2, 0) is 16.6 Å². The number of aromatic carboxylic acids is 1. The Morgan fingerprint density at radius 1 is 0.971 bits per heavy atom. The first-order valence-corrected chi connectivity index (χ1v) is 12.0. The van der Waals surface area contributed by atoms with E-state index in [4.69, 9.17) is 0 Å². The van der Waals surface area contributed by atoms with Gasteiger partial charge in [-0.15, -0.1) is 0 Å². The van der Waals surface area contributed by atoms with Gasteiger partial charge in [0.25, 0.3) is 15.9 Å². The number of rotatable bonds is 8. The van der Waals surface area contributed by atoms with E-state index in [0.717, 1.165) is 6.42 Å². The van der Waals surface area contributed by atoms with Crippen LogP contribution in [0.1, 0.15) is 34.1 Å². The summed E-state index contributed by atoms with van der Waals surface area (Å²) >= 11 is 0. The number of aryl methyl sites for hydroxylation is 1. The molecule has 4 rings (SSSR count). The molecule has 1 aromatic heterocycles. The molecule has 0 aliphatic rings. The minimum Gasteiger partial charge on any atom is -0.478 e. The van der Waals surface area contributed by atoms with E-state index in [1.54, 1.807) is 47.0 Å². The van der Waals surface area contributed by atoms with E-state index in [2.05, 4.69) is 15.0 Å². The quantitative estimate of drug-likeness (QED) is 0.348. The number of hydrogen-bond donors (Lipinski definition) is 3. The maximum Gasteiger partial charge on any atom is 0.335 e. The Hall–Kier alpha value is -4.18. The maximum atomic E-state index is 13.0. The molecule has 9 nitrogen and oxygen atoms in total. The molecule has 4 aromatic rings. The van der Waals surface area contributed by atoms with Crippen LogP contribution in [0.4, 0.5) is 11.6 Å². The van der Waals surface area contributed by atoms with Gasteiger partial charge in [0.1, 0.15) is 0 Å². The van der Waals surface area contributed by atoms with Crippen LogP contribution in [0.2, 0.25) is 0 Å². The zero-order chi connectivity index (χ0) is 24.3. The number of carbonyl (C=O) groups excluding carboxylic acids is 1. The van der Waals surface area contributed by atoms with Crippen molar-refractivity contribution in [2.45, 2.75) is 24.8 Å². The summed E-state index contributed by atoms with van der Waals surface area (Å²) in [5.41, 5.74) is 1.75. The minimum atomic E-state index is -3.80. The van der Waals surface area contributed by atoms with Crippen molar-refractivity contribution in [3.63, 3.8) is 0 Å². The molecule has 0 radical (unpaired) electrons. The lowest BCUT2D eigenvalue weighted by atomic mass is 10.2. The number of sulfonamides is 1. The first kappa shape index (κ1) is 23.0. The van der Waals surface area contributed by atoms with Gasteiger partial charge >= 0.3 is 5.97 Å². The number of nitrogens with one attached hydrogen (secondary N) is 2. The highest BCUT2D eigenvalue weighted by molar-refractivity contribution is 7.92. The molecule has 0 spiro atoms. The summed E-state index contributed by atoms with van der Waals surface area (Å²) < 4.78 is 29.4. The van der Waals surface area contributed by atoms with Crippen LogP contribution in [0.25, 0.3) is 11.0 Å². The number of carbonyl (C=O) groups is 2. The Kier molecular flexibility index (Phi) is 6.33. The molecule has 0 aliphatic heterocycles. The number of benzene rings is 3. The van der Waals surface area contributed by atoms with E-state index in [9.17, 15) is 23.1 Å². The van der Waals surface area contributed by atoms with Gasteiger partial charge in [-0.3, -0.25) is 14.8 Å². The number of anilines is 2. The summed E-state index contributed by atoms with van der Waals surface area (Å²) in [6.07, 6.45) is 0.738. The SMILES string of the molecule is CCCn1c(NC(=O)c2cccc(NS(=O)(=O)c3ccccc3)c2)nc2ccc(C(=O)O)cc21. The molecule has 3 aromatic carbocycles. The summed E-state index contributed by atoms with van der Waals surface area (Å²) in [4.78, 5) is 28.9. The predicted molar refractivity (Wildman–Crippen MR) is 129 cm³/mol. The van der Waals surface area contributed by atoms with E-state index in [1.807, 2.05) is 6.92 Å². The number of carboxylic acid groups (broad SMARTS) is 1. The highest BCUT2D eigenvalue weighted by Crippen LogP contribution is 2.23. The number of aromatic nitrogens is 2. The average Bonchev–Trinajstić information content (AvgIpc) is 3.16. The van der Waals surface area contributed by atoms with Crippen molar-refractivity contribution in [3.8, 4) is 0 Å². The second kappa shape index (κ2) is 9.36. The Labute approximate surface area is 196 Å². The number of carboxylic acids is 1. The molecular formula is C24H22N4O5S. The summed E-state index contributed by atoms with van der Waals surface area (Å²) in [6, 6.07) is 18.6. The number of hydrogen-bond acceptors (Lipinski definition) is 5. The van der Waals surface area contributed by atoms with Crippen molar-refractivity contribution in [2.24, 2.45) is 0 Å². The second-order valence-corrected chi connectivity index (χ2v) is 9.23. The highest BCUT2D eigenvalue weighted by atomic mass is 32.2. The van der Waals surface area contributed by atoms with Crippen molar-refractivity contribution in [1.29, 1.82) is 0 Å². The predicted octanol–water partition coefficient (Wildman–Crippen LogP) is 4.20. The lowest BCUT2D eigenvalue weighted by molar-refractivity contribution is 0.0696. The topological polar surface area (TPSA) is 130 Å². The standard InChI is InChI=1S/C24H22N4O5S/c1-2-13-28-21-15-17(23(30)31)11-12-20(21)25-24(28)26-22(29)16-7-6-8-18(14-16)27-34(32,33)19-9-4-3-5-10-19/h3-12,14-15,27H,2,13H2,1H3,(H,30,31)(H,25,26,29). The monoisotopic (exact) mass is 478 g/mol. The average molecular weight is 479 g/mol. The van der Waals surface area contributed by atoms with Gasteiger partial charge < -0.3 is 9.67 Å². The first-order valence-electron chi connectivity index (χ1n) is 10.5. The van der Waals surface area contributed by atoms with Crippen LogP contribution in [0, 0.1) is 0 Å². The van der Waals surface area contributed by atoms with Crippen molar-refractivity contribution >= 4 is 44.6 Å². The van der Waals surface area contributed by atoms with Crippen molar-refractivity contribution < 1.29 is 23.1 Å². The number of nitrogens with zero attached hydrogens (tertiary/aromatic N) is 2. The van der Waals surface area contributed by atoms with E-state index in [-0.39, 0.29) is 27.7 Å². The lowest BCUT2D eigenvalue weighted by Crippen LogP contribution is -2.17. The Bertz CT molecular complexity index is 1480. The zero-order valence-electron chi connectivity index (χ0n) is 18.2. The van der Waals surface area contributed by atoms with Gasteiger partial charge in [-0.05, 0) is 55.0 Å². The van der Waals surface area contributed by atoms with Gasteiger partial charge in [0, 0.05) is 17.8 Å². The fourth-order valence-corrected chi connectivity index (χ4v) is 4.58. The second-order valence-electron chi connectivity index (χ2n) is 7.55. The third-order valence-electron chi connectivity index (χ3n) is 5.10. The fraction of sp³-hybridized carbons (Fsp3) is 0.125. The summed E-state index contributed by atoms with van der Waals surface area (Å²) in [7, 11) is -3.80. The van der Waals surface area contributed by atoms with Gasteiger partial charge in [-0.1, -0.05) is 31.2 Å². The molecular weight excluding hydrogens is 456 g/mol. The van der Waals surface area contributed by atoms with Crippen molar-refractivity contribution in [2.75, 3.05) is 10.0 Å². The van der Waals surface area contributed by atoms with Gasteiger partial charge in [0.2, 0.25) is 5.95 Å². The van der Waals surface area contributed by atoms with Gasteiger partial charge in [0.15, 0.2) is 0 Å². The van der Waals surface area contributed by atoms with Crippen molar-refractivity contribution in [3.05, 3.63) is 83.9 Å². The number of amides is 1. The summed E-state index contributed by atoms with van der Waals surface area (Å²) in [6.45, 7) is 2.48. The molecule has 10 heteroatoms. The normalized spacial score (nSPS) is 11.3. The molecule has 0 saturated carbocycles. The van der Waals surface area contributed by atoms with E-state index in [0.29, 0.717) is 17.6 Å². The van der Waals surface area contributed by atoms with E-state index >= 15 is 0 Å². The first-order chi connectivity index (χ1) is 16.3. The molecule has 3 N–H and O–H groups in total.